The molecule has 0 atom stereocenters. The lowest BCUT2D eigenvalue weighted by Crippen LogP contribution is -2.41. The molecule has 0 bridgehead atoms. The minimum absolute atomic E-state index is 0.139. The van der Waals surface area contributed by atoms with E-state index in [1.54, 1.807) is 36.4 Å². The van der Waals surface area contributed by atoms with Crippen molar-refractivity contribution in [1.29, 1.82) is 5.26 Å². The largest absolute Gasteiger partial charge is 0.494 e. The van der Waals surface area contributed by atoms with Gasteiger partial charge < -0.3 is 24.0 Å². The quantitative estimate of drug-likeness (QED) is 0.0132. The number of hydrogen-bond acceptors (Lipinski definition) is 10. The maximum absolute atomic E-state index is 14.9. The van der Waals surface area contributed by atoms with Crippen molar-refractivity contribution in [3.8, 4) is 23.3 Å². The molecular formula is C87H84N6O7. The van der Waals surface area contributed by atoms with E-state index in [0.717, 1.165) is 101 Å². The van der Waals surface area contributed by atoms with Crippen LogP contribution in [-0.2, 0) is 12.8 Å². The third kappa shape index (κ3) is 13.8. The van der Waals surface area contributed by atoms with Crippen LogP contribution in [0.25, 0.3) is 47.9 Å². The zero-order chi connectivity index (χ0) is 69.2. The van der Waals surface area contributed by atoms with Crippen LogP contribution in [0, 0.1) is 24.8 Å². The van der Waals surface area contributed by atoms with Gasteiger partial charge in [-0.25, -0.2) is 4.85 Å². The second-order valence-electron chi connectivity index (χ2n) is 26.5. The van der Waals surface area contributed by atoms with E-state index in [2.05, 4.69) is 158 Å². The van der Waals surface area contributed by atoms with Crippen molar-refractivity contribution in [2.24, 2.45) is 0 Å². The number of nitriles is 1. The minimum Gasteiger partial charge on any atom is -0.494 e. The monoisotopic (exact) mass is 1320 g/mol. The molecule has 0 radical (unpaired) electrons. The minimum atomic E-state index is -0.500. The van der Waals surface area contributed by atoms with Crippen LogP contribution in [0.2, 0.25) is 0 Å². The lowest BCUT2D eigenvalue weighted by Gasteiger charge is -2.31. The van der Waals surface area contributed by atoms with Crippen molar-refractivity contribution in [2.45, 2.75) is 130 Å². The van der Waals surface area contributed by atoms with Crippen molar-refractivity contribution in [3.63, 3.8) is 0 Å². The van der Waals surface area contributed by atoms with Crippen molar-refractivity contribution in [1.82, 2.24) is 9.80 Å². The second kappa shape index (κ2) is 30.8. The number of aryl methyl sites for hydroxylation is 3. The maximum atomic E-state index is 14.9. The number of nitrogens with zero attached hydrogens (tertiary/aromatic N) is 6. The fourth-order valence-corrected chi connectivity index (χ4v) is 14.5. The van der Waals surface area contributed by atoms with Crippen LogP contribution in [0.5, 0.6) is 17.2 Å². The first kappa shape index (κ1) is 67.5. The summed E-state index contributed by atoms with van der Waals surface area (Å²) in [6, 6.07) is 62.3. The summed E-state index contributed by atoms with van der Waals surface area (Å²) in [5.74, 6) is 0.628. The number of rotatable bonds is 32. The zero-order valence-electron chi connectivity index (χ0n) is 57.7. The van der Waals surface area contributed by atoms with E-state index in [1.807, 2.05) is 36.4 Å². The average Bonchev–Trinajstić information content (AvgIpc) is 0.682. The third-order valence-corrected chi connectivity index (χ3v) is 19.7. The predicted octanol–water partition coefficient (Wildman–Crippen LogP) is 21.7. The Morgan fingerprint density at radius 3 is 1.12 bits per heavy atom. The Balaban J connectivity index is 0.712. The van der Waals surface area contributed by atoms with Gasteiger partial charge in [-0.3, -0.25) is 29.0 Å². The molecule has 2 aliphatic heterocycles. The highest BCUT2D eigenvalue weighted by molar-refractivity contribution is 6.43. The standard InChI is InChI=1S/C87H84N6O7/c1-6-9-12-15-52-98-68-40-34-65(35-41-68)92(62-28-22-58(4)23-29-62)63-30-24-60(25-31-63)21-19-51-91-85(95)74-48-46-71-78-61(57-88)55-75-79-73(49-47-72(82(78)79)81-77(89-5)56-76(87(91)97)80(74)83(71)81)84(94)90(86(75)96)50-18-20-59-26-32-64(33-27-59)93(66-36-42-69(43-37-66)99-53-16-13-10-7-2)67-38-44-70(45-39-67)100-54-17-14-11-8-3/h22-49,55-56H,6-21,50-54H2,1-4H3. The van der Waals surface area contributed by atoms with Gasteiger partial charge in [0.1, 0.15) is 17.2 Å². The van der Waals surface area contributed by atoms with E-state index in [4.69, 9.17) is 20.8 Å². The number of carbonyl (C=O) groups is 4. The molecule has 11 aromatic carbocycles. The number of ether oxygens (including phenoxy) is 3. The first-order valence-electron chi connectivity index (χ1n) is 35.8. The summed E-state index contributed by atoms with van der Waals surface area (Å²) < 4.78 is 18.3. The van der Waals surface area contributed by atoms with E-state index < -0.39 is 23.6 Å². The van der Waals surface area contributed by atoms with Gasteiger partial charge in [0.15, 0.2) is 5.69 Å². The van der Waals surface area contributed by atoms with E-state index >= 15 is 0 Å². The summed E-state index contributed by atoms with van der Waals surface area (Å²) in [4.78, 5) is 70.2. The van der Waals surface area contributed by atoms with E-state index in [-0.39, 0.29) is 35.5 Å². The van der Waals surface area contributed by atoms with Crippen LogP contribution in [0.3, 0.4) is 0 Å². The van der Waals surface area contributed by atoms with Gasteiger partial charge in [0.2, 0.25) is 0 Å². The highest BCUT2D eigenvalue weighted by atomic mass is 16.5. The molecule has 0 unspecified atom stereocenters. The summed E-state index contributed by atoms with van der Waals surface area (Å²) in [5.41, 5.74) is 10.6. The summed E-state index contributed by atoms with van der Waals surface area (Å²) >= 11 is 0. The first-order valence-corrected chi connectivity index (χ1v) is 35.8. The molecule has 2 aliphatic rings. The molecule has 2 heterocycles. The smallest absolute Gasteiger partial charge is 0.261 e. The number of anilines is 6. The Morgan fingerprint density at radius 2 is 0.740 bits per heavy atom. The first-order chi connectivity index (χ1) is 49.0. The molecule has 11 aromatic rings. The molecule has 0 saturated heterocycles. The number of imide groups is 2. The molecule has 4 amide bonds. The highest BCUT2D eigenvalue weighted by Crippen LogP contribution is 2.51. The molecule has 13 nitrogen and oxygen atoms in total. The lowest BCUT2D eigenvalue weighted by molar-refractivity contribution is 0.0593. The van der Waals surface area contributed by atoms with Gasteiger partial charge in [-0.1, -0.05) is 133 Å². The number of unbranched alkanes of at least 4 members (excludes halogenated alkanes) is 9. The topological polar surface area (TPSA) is 137 Å². The van der Waals surface area contributed by atoms with Gasteiger partial charge in [-0.2, -0.15) is 5.26 Å². The van der Waals surface area contributed by atoms with E-state index in [0.29, 0.717) is 99.7 Å². The van der Waals surface area contributed by atoms with Crippen LogP contribution in [0.1, 0.15) is 174 Å². The maximum Gasteiger partial charge on any atom is 0.261 e. The molecule has 100 heavy (non-hydrogen) atoms. The van der Waals surface area contributed by atoms with Crippen LogP contribution >= 0.6 is 0 Å². The Kier molecular flexibility index (Phi) is 20.8. The number of benzene rings is 11. The Labute approximate surface area is 586 Å². The molecule has 0 fully saturated rings. The predicted molar refractivity (Wildman–Crippen MR) is 402 cm³/mol. The molecule has 13 rings (SSSR count). The summed E-state index contributed by atoms with van der Waals surface area (Å²) in [6.07, 6.45) is 15.8. The van der Waals surface area contributed by atoms with Gasteiger partial charge in [0.05, 0.1) is 43.6 Å². The molecule has 0 N–H and O–H groups in total. The highest BCUT2D eigenvalue weighted by Gasteiger charge is 2.38. The van der Waals surface area contributed by atoms with Crippen molar-refractivity contribution < 1.29 is 33.4 Å². The van der Waals surface area contributed by atoms with Gasteiger partial charge in [0, 0.05) is 80.1 Å². The van der Waals surface area contributed by atoms with Gasteiger partial charge in [-0.15, -0.1) is 0 Å². The molecule has 504 valence electrons. The number of amides is 4. The normalized spacial score (nSPS) is 12.7. The second-order valence-corrected chi connectivity index (χ2v) is 26.5. The van der Waals surface area contributed by atoms with Gasteiger partial charge >= 0.3 is 0 Å². The van der Waals surface area contributed by atoms with Crippen LogP contribution in [-0.4, -0.2) is 66.3 Å². The lowest BCUT2D eigenvalue weighted by atomic mass is 9.80. The van der Waals surface area contributed by atoms with Crippen molar-refractivity contribution in [2.75, 3.05) is 42.7 Å². The molecule has 0 aromatic heterocycles. The average molecular weight is 1330 g/mol. The molecule has 13 heteroatoms. The SMILES string of the molecule is [C-]#[N+]c1cc2c3c(ccc4c5c(C#N)cc6c7c(ccc(c1c34)c75)C(=O)N(CCCc1ccc(N(c3ccc(OCCCCCC)cc3)c3ccc(OCCCCCC)cc3)cc1)C6=O)C(=O)N(CCCc1ccc(N(c3ccc(C)cc3)c3ccc(OCCCCCC)cc3)cc1)C2=O. The Hall–Kier alpha value is -11.0. The van der Waals surface area contributed by atoms with Gasteiger partial charge in [0.25, 0.3) is 23.6 Å². The molecule has 0 saturated carbocycles. The van der Waals surface area contributed by atoms with Crippen molar-refractivity contribution >= 4 is 107 Å². The fourth-order valence-electron chi connectivity index (χ4n) is 14.5. The fraction of sp³-hybridized carbons (Fsp3) is 0.287. The summed E-state index contributed by atoms with van der Waals surface area (Å²) in [6.45, 7) is 19.6. The van der Waals surface area contributed by atoms with Gasteiger partial charge in [-0.05, 0) is 223 Å². The van der Waals surface area contributed by atoms with E-state index in [1.165, 1.54) is 53.9 Å². The number of hydrogen-bond donors (Lipinski definition) is 0. The number of carbonyl (C=O) groups excluding carboxylic acids is 4. The molecule has 0 spiro atoms. The Morgan fingerprint density at radius 1 is 0.390 bits per heavy atom. The van der Waals surface area contributed by atoms with Crippen LogP contribution in [0.4, 0.5) is 39.8 Å². The zero-order valence-corrected chi connectivity index (χ0v) is 57.7. The summed E-state index contributed by atoms with van der Waals surface area (Å²) in [7, 11) is 0. The third-order valence-electron chi connectivity index (χ3n) is 19.7. The Bertz CT molecular complexity index is 4820. The summed E-state index contributed by atoms with van der Waals surface area (Å²) in [5, 5.41) is 15.0. The van der Waals surface area contributed by atoms with Crippen LogP contribution < -0.4 is 24.0 Å². The number of fused-ring (bicyclic) bond motifs is 2. The molecular weight excluding hydrogens is 1240 g/mol. The molecule has 0 aliphatic carbocycles. The van der Waals surface area contributed by atoms with Crippen molar-refractivity contribution in [3.05, 3.63) is 238 Å². The van der Waals surface area contributed by atoms with E-state index in [9.17, 15) is 24.4 Å². The van der Waals surface area contributed by atoms with Crippen LogP contribution in [0.15, 0.2) is 182 Å².